The van der Waals surface area contributed by atoms with Crippen molar-refractivity contribution in [3.63, 3.8) is 0 Å². The summed E-state index contributed by atoms with van der Waals surface area (Å²) in [5.74, 6) is 0.634. The predicted octanol–water partition coefficient (Wildman–Crippen LogP) is -1.12. The van der Waals surface area contributed by atoms with E-state index in [1.807, 2.05) is 19.1 Å². The SMILES string of the molecule is CC(C[O-])OCC(C)Oc1ccccc1Cl.[Na+]. The van der Waals surface area contributed by atoms with Crippen LogP contribution in [-0.2, 0) is 4.74 Å². The van der Waals surface area contributed by atoms with Gasteiger partial charge in [0.2, 0.25) is 0 Å². The van der Waals surface area contributed by atoms with Gasteiger partial charge >= 0.3 is 29.6 Å². The van der Waals surface area contributed by atoms with Gasteiger partial charge in [0.25, 0.3) is 0 Å². The quantitative estimate of drug-likeness (QED) is 0.613. The van der Waals surface area contributed by atoms with E-state index in [1.165, 1.54) is 0 Å². The molecule has 0 amide bonds. The van der Waals surface area contributed by atoms with Gasteiger partial charge in [-0.25, -0.2) is 0 Å². The third kappa shape index (κ3) is 6.65. The van der Waals surface area contributed by atoms with Crippen molar-refractivity contribution in [2.75, 3.05) is 13.2 Å². The maximum Gasteiger partial charge on any atom is 1.00 e. The van der Waals surface area contributed by atoms with Crippen molar-refractivity contribution in [3.8, 4) is 5.75 Å². The number of halogens is 1. The third-order valence-corrected chi connectivity index (χ3v) is 2.33. The molecule has 0 aliphatic rings. The van der Waals surface area contributed by atoms with E-state index in [1.54, 1.807) is 19.1 Å². The van der Waals surface area contributed by atoms with Crippen molar-refractivity contribution in [2.24, 2.45) is 0 Å². The minimum Gasteiger partial charge on any atom is -0.853 e. The van der Waals surface area contributed by atoms with Crippen LogP contribution >= 0.6 is 11.6 Å². The molecule has 5 heteroatoms. The molecule has 0 N–H and O–H groups in total. The Kier molecular flexibility index (Phi) is 9.32. The first-order valence-electron chi connectivity index (χ1n) is 5.24. The molecular weight excluding hydrogens is 251 g/mol. The molecule has 1 rings (SSSR count). The fraction of sp³-hybridized carbons (Fsp3) is 0.500. The molecule has 0 heterocycles. The van der Waals surface area contributed by atoms with Gasteiger partial charge in [-0.05, 0) is 26.0 Å². The summed E-state index contributed by atoms with van der Waals surface area (Å²) in [5.41, 5.74) is 0. The number of hydrogen-bond acceptors (Lipinski definition) is 3. The second-order valence-corrected chi connectivity index (χ2v) is 4.08. The molecule has 0 saturated heterocycles. The Labute approximate surface area is 129 Å². The zero-order chi connectivity index (χ0) is 12.0. The van der Waals surface area contributed by atoms with Crippen LogP contribution in [0.1, 0.15) is 13.8 Å². The van der Waals surface area contributed by atoms with Gasteiger partial charge in [-0.15, -0.1) is 6.61 Å². The standard InChI is InChI=1S/C12H16ClO3.Na/c1-9(7-14)15-8-10(2)16-12-6-4-3-5-11(12)13;/h3-6,9-10H,7-8H2,1-2H3;/q-1;+1. The fourth-order valence-electron chi connectivity index (χ4n) is 1.14. The van der Waals surface area contributed by atoms with Gasteiger partial charge < -0.3 is 14.6 Å². The largest absolute Gasteiger partial charge is 1.00 e. The minimum atomic E-state index is -0.280. The van der Waals surface area contributed by atoms with Gasteiger partial charge in [-0.3, -0.25) is 0 Å². The molecule has 1 aromatic carbocycles. The summed E-state index contributed by atoms with van der Waals surface area (Å²) in [5, 5.41) is 11.0. The summed E-state index contributed by atoms with van der Waals surface area (Å²) < 4.78 is 10.9. The smallest absolute Gasteiger partial charge is 0.853 e. The van der Waals surface area contributed by atoms with Crippen LogP contribution in [0, 0.1) is 0 Å². The van der Waals surface area contributed by atoms with Crippen molar-refractivity contribution in [2.45, 2.75) is 26.1 Å². The zero-order valence-electron chi connectivity index (χ0n) is 10.5. The topological polar surface area (TPSA) is 41.5 Å². The van der Waals surface area contributed by atoms with Crippen LogP contribution in [0.5, 0.6) is 5.75 Å². The maximum absolute atomic E-state index is 10.5. The number of ether oxygens (including phenoxy) is 2. The van der Waals surface area contributed by atoms with Crippen molar-refractivity contribution in [1.29, 1.82) is 0 Å². The molecule has 0 spiro atoms. The third-order valence-electron chi connectivity index (χ3n) is 2.01. The molecule has 2 unspecified atom stereocenters. The van der Waals surface area contributed by atoms with Gasteiger partial charge in [0.15, 0.2) is 0 Å². The second kappa shape index (κ2) is 9.20. The van der Waals surface area contributed by atoms with E-state index < -0.39 is 0 Å². The van der Waals surface area contributed by atoms with Gasteiger partial charge in [-0.1, -0.05) is 23.7 Å². The van der Waals surface area contributed by atoms with E-state index >= 15 is 0 Å². The molecule has 0 saturated carbocycles. The van der Waals surface area contributed by atoms with Crippen molar-refractivity contribution >= 4 is 11.6 Å². The van der Waals surface area contributed by atoms with E-state index in [2.05, 4.69) is 0 Å². The molecule has 3 nitrogen and oxygen atoms in total. The van der Waals surface area contributed by atoms with Crippen LogP contribution in [0.2, 0.25) is 5.02 Å². The molecule has 0 bridgehead atoms. The maximum atomic E-state index is 10.5. The van der Waals surface area contributed by atoms with E-state index in [4.69, 9.17) is 21.1 Å². The Morgan fingerprint density at radius 1 is 1.24 bits per heavy atom. The Bertz CT molecular complexity index is 322. The Balaban J connectivity index is 0.00000256. The summed E-state index contributed by atoms with van der Waals surface area (Å²) >= 11 is 5.94. The van der Waals surface area contributed by atoms with E-state index in [-0.39, 0.29) is 48.4 Å². The van der Waals surface area contributed by atoms with E-state index in [9.17, 15) is 5.11 Å². The molecule has 0 aliphatic heterocycles. The first kappa shape index (κ1) is 17.2. The number of rotatable bonds is 6. The first-order valence-corrected chi connectivity index (χ1v) is 5.62. The van der Waals surface area contributed by atoms with Gasteiger partial charge in [0, 0.05) is 6.10 Å². The van der Waals surface area contributed by atoms with Gasteiger partial charge in [-0.2, -0.15) is 0 Å². The summed E-state index contributed by atoms with van der Waals surface area (Å²) in [7, 11) is 0. The van der Waals surface area contributed by atoms with Crippen molar-refractivity contribution in [3.05, 3.63) is 29.3 Å². The average Bonchev–Trinajstić information content (AvgIpc) is 2.29. The Hall–Kier alpha value is 0.230. The second-order valence-electron chi connectivity index (χ2n) is 3.67. The Morgan fingerprint density at radius 2 is 1.88 bits per heavy atom. The summed E-state index contributed by atoms with van der Waals surface area (Å²) in [4.78, 5) is 0. The molecule has 90 valence electrons. The molecule has 0 radical (unpaired) electrons. The molecule has 17 heavy (non-hydrogen) atoms. The van der Waals surface area contributed by atoms with Crippen LogP contribution in [-0.4, -0.2) is 25.4 Å². The van der Waals surface area contributed by atoms with Crippen LogP contribution < -0.4 is 39.4 Å². The molecule has 0 aliphatic carbocycles. The van der Waals surface area contributed by atoms with Crippen LogP contribution in [0.3, 0.4) is 0 Å². The Morgan fingerprint density at radius 3 is 2.47 bits per heavy atom. The van der Waals surface area contributed by atoms with E-state index in [0.29, 0.717) is 17.4 Å². The molecule has 1 aromatic rings. The van der Waals surface area contributed by atoms with Crippen LogP contribution in [0.4, 0.5) is 0 Å². The molecular formula is C12H16ClNaO3. The summed E-state index contributed by atoms with van der Waals surface area (Å²) in [6.07, 6.45) is -0.411. The number of hydrogen-bond donors (Lipinski definition) is 0. The molecule has 0 fully saturated rings. The monoisotopic (exact) mass is 266 g/mol. The fourth-order valence-corrected chi connectivity index (χ4v) is 1.32. The van der Waals surface area contributed by atoms with Crippen molar-refractivity contribution < 1.29 is 44.1 Å². The zero-order valence-corrected chi connectivity index (χ0v) is 13.2. The van der Waals surface area contributed by atoms with Crippen LogP contribution in [0.15, 0.2) is 24.3 Å². The van der Waals surface area contributed by atoms with E-state index in [0.717, 1.165) is 0 Å². The average molecular weight is 267 g/mol. The summed E-state index contributed by atoms with van der Waals surface area (Å²) in [6, 6.07) is 7.27. The first-order chi connectivity index (χ1) is 7.63. The van der Waals surface area contributed by atoms with Crippen molar-refractivity contribution in [1.82, 2.24) is 0 Å². The summed E-state index contributed by atoms with van der Waals surface area (Å²) in [6.45, 7) is 3.77. The van der Waals surface area contributed by atoms with Gasteiger partial charge in [0.05, 0.1) is 11.6 Å². The molecule has 2 atom stereocenters. The minimum absolute atomic E-state index is 0. The number of benzene rings is 1. The number of para-hydroxylation sites is 1. The van der Waals surface area contributed by atoms with Crippen LogP contribution in [0.25, 0.3) is 0 Å². The van der Waals surface area contributed by atoms with Gasteiger partial charge in [0.1, 0.15) is 11.9 Å². The predicted molar refractivity (Wildman–Crippen MR) is 61.8 cm³/mol. The normalized spacial score (nSPS) is 13.6. The molecule has 0 aromatic heterocycles.